The van der Waals surface area contributed by atoms with Crippen molar-refractivity contribution in [3.63, 3.8) is 0 Å². The Morgan fingerprint density at radius 1 is 1.24 bits per heavy atom. The van der Waals surface area contributed by atoms with E-state index in [-0.39, 0.29) is 0 Å². The van der Waals surface area contributed by atoms with Crippen LogP contribution in [-0.4, -0.2) is 11.1 Å². The van der Waals surface area contributed by atoms with Crippen molar-refractivity contribution in [1.29, 1.82) is 0 Å². The fourth-order valence-electron chi connectivity index (χ4n) is 1.65. The van der Waals surface area contributed by atoms with Gasteiger partial charge in [-0.3, -0.25) is 0 Å². The number of carbonyl (C=O) groups is 1. The third kappa shape index (κ3) is 4.92. The first-order valence-electron chi connectivity index (χ1n) is 6.12. The van der Waals surface area contributed by atoms with Gasteiger partial charge in [0.2, 0.25) is 0 Å². The monoisotopic (exact) mass is 366 g/mol. The van der Waals surface area contributed by atoms with E-state index in [1.807, 2.05) is 24.3 Å². The maximum Gasteiger partial charge on any atom is 0.328 e. The van der Waals surface area contributed by atoms with Crippen molar-refractivity contribution in [1.82, 2.24) is 0 Å². The highest BCUT2D eigenvalue weighted by Crippen LogP contribution is 2.27. The van der Waals surface area contributed by atoms with Gasteiger partial charge in [-0.1, -0.05) is 45.7 Å². The van der Waals surface area contributed by atoms with Gasteiger partial charge in [0, 0.05) is 10.5 Å². The van der Waals surface area contributed by atoms with Crippen LogP contribution in [0.25, 0.3) is 6.08 Å². The zero-order valence-electron chi connectivity index (χ0n) is 10.9. The number of ether oxygens (including phenoxy) is 1. The predicted octanol–water partition coefficient (Wildman–Crippen LogP) is 4.78. The normalized spacial score (nSPS) is 10.8. The average Bonchev–Trinajstić information content (AvgIpc) is 2.46. The summed E-state index contributed by atoms with van der Waals surface area (Å²) in [5.74, 6) is -0.436. The molecule has 0 saturated carbocycles. The van der Waals surface area contributed by atoms with Crippen molar-refractivity contribution in [2.75, 3.05) is 0 Å². The lowest BCUT2D eigenvalue weighted by Crippen LogP contribution is -1.96. The summed E-state index contributed by atoms with van der Waals surface area (Å²) in [5.41, 5.74) is 1.74. The summed E-state index contributed by atoms with van der Waals surface area (Å²) in [4.78, 5) is 10.5. The van der Waals surface area contributed by atoms with E-state index >= 15 is 0 Å². The van der Waals surface area contributed by atoms with Gasteiger partial charge in [0.05, 0.1) is 5.02 Å². The Labute approximate surface area is 135 Å². The summed E-state index contributed by atoms with van der Waals surface area (Å²) in [6.45, 7) is 0.414. The van der Waals surface area contributed by atoms with Crippen molar-refractivity contribution in [3.05, 3.63) is 69.2 Å². The molecule has 5 heteroatoms. The fraction of sp³-hybridized carbons (Fsp3) is 0.0625. The molecule has 1 N–H and O–H groups in total. The molecular formula is C16H12BrClO3. The van der Waals surface area contributed by atoms with Crippen LogP contribution < -0.4 is 4.74 Å². The summed E-state index contributed by atoms with van der Waals surface area (Å²) in [6, 6.07) is 13.0. The molecule has 0 heterocycles. The first-order valence-corrected chi connectivity index (χ1v) is 7.29. The molecule has 0 aliphatic heterocycles. The molecule has 0 saturated heterocycles. The number of carboxylic acid groups (broad SMARTS) is 1. The van der Waals surface area contributed by atoms with E-state index in [4.69, 9.17) is 21.4 Å². The molecule has 0 amide bonds. The van der Waals surface area contributed by atoms with Gasteiger partial charge in [0.15, 0.2) is 0 Å². The van der Waals surface area contributed by atoms with Gasteiger partial charge in [-0.25, -0.2) is 4.79 Å². The summed E-state index contributed by atoms with van der Waals surface area (Å²) in [7, 11) is 0. The van der Waals surface area contributed by atoms with Crippen LogP contribution in [0.5, 0.6) is 5.75 Å². The highest BCUT2D eigenvalue weighted by Gasteiger charge is 2.03. The van der Waals surface area contributed by atoms with E-state index in [2.05, 4.69) is 15.9 Å². The van der Waals surface area contributed by atoms with Gasteiger partial charge in [0.1, 0.15) is 12.4 Å². The zero-order chi connectivity index (χ0) is 15.2. The number of hydrogen-bond acceptors (Lipinski definition) is 2. The molecule has 0 bridgehead atoms. The maximum atomic E-state index is 10.5. The van der Waals surface area contributed by atoms with Crippen LogP contribution in [0.2, 0.25) is 5.02 Å². The molecule has 108 valence electrons. The molecule has 0 fully saturated rings. The quantitative estimate of drug-likeness (QED) is 0.774. The smallest absolute Gasteiger partial charge is 0.328 e. The highest BCUT2D eigenvalue weighted by atomic mass is 79.9. The molecule has 0 unspecified atom stereocenters. The topological polar surface area (TPSA) is 46.5 Å². The van der Waals surface area contributed by atoms with Crippen LogP contribution in [0.1, 0.15) is 11.1 Å². The van der Waals surface area contributed by atoms with Gasteiger partial charge < -0.3 is 9.84 Å². The molecule has 2 aromatic rings. The molecule has 0 radical (unpaired) electrons. The maximum absolute atomic E-state index is 10.5. The van der Waals surface area contributed by atoms with E-state index in [9.17, 15) is 4.79 Å². The van der Waals surface area contributed by atoms with Crippen LogP contribution in [0.15, 0.2) is 53.0 Å². The molecular weight excluding hydrogens is 356 g/mol. The second-order valence-corrected chi connectivity index (χ2v) is 5.60. The Kier molecular flexibility index (Phi) is 5.42. The molecule has 0 aliphatic carbocycles. The molecule has 0 aliphatic rings. The predicted molar refractivity (Wildman–Crippen MR) is 86.6 cm³/mol. The van der Waals surface area contributed by atoms with Crippen molar-refractivity contribution in [2.45, 2.75) is 6.61 Å². The van der Waals surface area contributed by atoms with Crippen molar-refractivity contribution >= 4 is 39.6 Å². The minimum atomic E-state index is -0.998. The number of benzene rings is 2. The van der Waals surface area contributed by atoms with E-state index < -0.39 is 5.97 Å². The van der Waals surface area contributed by atoms with E-state index in [1.165, 1.54) is 6.08 Å². The van der Waals surface area contributed by atoms with Gasteiger partial charge in [-0.05, 0) is 41.5 Å². The summed E-state index contributed by atoms with van der Waals surface area (Å²) >= 11 is 9.50. The number of aliphatic carboxylic acids is 1. The Balaban J connectivity index is 2.04. The molecule has 21 heavy (non-hydrogen) atoms. The average molecular weight is 368 g/mol. The van der Waals surface area contributed by atoms with E-state index in [0.29, 0.717) is 22.9 Å². The summed E-state index contributed by atoms with van der Waals surface area (Å²) in [6.07, 6.45) is 2.54. The number of rotatable bonds is 5. The molecule has 2 aromatic carbocycles. The minimum Gasteiger partial charge on any atom is -0.487 e. The zero-order valence-corrected chi connectivity index (χ0v) is 13.3. The summed E-state index contributed by atoms with van der Waals surface area (Å²) < 4.78 is 6.67. The van der Waals surface area contributed by atoms with Gasteiger partial charge in [0.25, 0.3) is 0 Å². The number of halogens is 2. The largest absolute Gasteiger partial charge is 0.487 e. The third-order valence-corrected chi connectivity index (χ3v) is 3.51. The van der Waals surface area contributed by atoms with Crippen molar-refractivity contribution in [3.8, 4) is 5.75 Å². The van der Waals surface area contributed by atoms with Gasteiger partial charge in [-0.15, -0.1) is 0 Å². The lowest BCUT2D eigenvalue weighted by Gasteiger charge is -2.09. The van der Waals surface area contributed by atoms with Crippen LogP contribution in [0.4, 0.5) is 0 Å². The van der Waals surface area contributed by atoms with Crippen LogP contribution in [-0.2, 0) is 11.4 Å². The minimum absolute atomic E-state index is 0.414. The Morgan fingerprint density at radius 2 is 1.95 bits per heavy atom. The second-order valence-electron chi connectivity index (χ2n) is 4.28. The van der Waals surface area contributed by atoms with Gasteiger partial charge in [-0.2, -0.15) is 0 Å². The van der Waals surface area contributed by atoms with Crippen LogP contribution >= 0.6 is 27.5 Å². The SMILES string of the molecule is O=C(O)/C=C/c1ccc(OCc2ccc(Br)cc2)c(Cl)c1. The second kappa shape index (κ2) is 7.29. The third-order valence-electron chi connectivity index (χ3n) is 2.68. The van der Waals surface area contributed by atoms with Crippen LogP contribution in [0, 0.1) is 0 Å². The van der Waals surface area contributed by atoms with E-state index in [1.54, 1.807) is 18.2 Å². The van der Waals surface area contributed by atoms with Crippen molar-refractivity contribution < 1.29 is 14.6 Å². The first kappa shape index (κ1) is 15.6. The fourth-order valence-corrected chi connectivity index (χ4v) is 2.15. The lowest BCUT2D eigenvalue weighted by molar-refractivity contribution is -0.131. The van der Waals surface area contributed by atoms with Crippen LogP contribution in [0.3, 0.4) is 0 Å². The Morgan fingerprint density at radius 3 is 2.57 bits per heavy atom. The number of carboxylic acids is 1. The number of hydrogen-bond donors (Lipinski definition) is 1. The Hall–Kier alpha value is -1.78. The van der Waals surface area contributed by atoms with E-state index in [0.717, 1.165) is 16.1 Å². The standard InChI is InChI=1S/C16H12BrClO3/c17-13-5-1-12(2-6-13)10-21-15-7-3-11(9-14(15)18)4-8-16(19)20/h1-9H,10H2,(H,19,20)/b8-4+. The summed E-state index contributed by atoms with van der Waals surface area (Å²) in [5, 5.41) is 9.02. The van der Waals surface area contributed by atoms with Crippen molar-refractivity contribution in [2.24, 2.45) is 0 Å². The lowest BCUT2D eigenvalue weighted by atomic mass is 10.2. The molecule has 0 aromatic heterocycles. The molecule has 2 rings (SSSR count). The highest BCUT2D eigenvalue weighted by molar-refractivity contribution is 9.10. The molecule has 0 atom stereocenters. The van der Waals surface area contributed by atoms with Gasteiger partial charge >= 0.3 is 5.97 Å². The molecule has 3 nitrogen and oxygen atoms in total. The molecule has 0 spiro atoms. The Bertz CT molecular complexity index is 666. The first-order chi connectivity index (χ1) is 10.0.